The van der Waals surface area contributed by atoms with Crippen LogP contribution < -0.4 is 14.8 Å². The fraction of sp³-hybridized carbons (Fsp3) is 0.316. The van der Waals surface area contributed by atoms with Crippen molar-refractivity contribution < 1.29 is 14.3 Å². The van der Waals surface area contributed by atoms with Crippen LogP contribution in [0.3, 0.4) is 0 Å². The van der Waals surface area contributed by atoms with Gasteiger partial charge in [-0.1, -0.05) is 24.3 Å². The number of amides is 1. The summed E-state index contributed by atoms with van der Waals surface area (Å²) in [7, 11) is 0. The van der Waals surface area contributed by atoms with Crippen molar-refractivity contribution in [1.29, 1.82) is 0 Å². The van der Waals surface area contributed by atoms with Gasteiger partial charge in [0.1, 0.15) is 18.1 Å². The molecule has 4 nitrogen and oxygen atoms in total. The van der Waals surface area contributed by atoms with Crippen LogP contribution in [0.4, 0.5) is 0 Å². The van der Waals surface area contributed by atoms with Crippen molar-refractivity contribution in [3.63, 3.8) is 0 Å². The molecule has 0 aliphatic carbocycles. The standard InChI is InChI=1S/C19H23NO3/c1-14-11-16(3)18(12-15(14)2)22-10-9-20-19(21)13-23-17-7-5-4-6-8-17/h4-8,11-12H,9-10,13H2,1-3H3,(H,20,21). The molecule has 0 atom stereocenters. The number of carbonyl (C=O) groups excluding carboxylic acids is 1. The van der Waals surface area contributed by atoms with Crippen LogP contribution in [0.2, 0.25) is 0 Å². The molecule has 0 spiro atoms. The Morgan fingerprint density at radius 2 is 1.65 bits per heavy atom. The Kier molecular flexibility index (Phi) is 6.03. The normalized spacial score (nSPS) is 10.2. The van der Waals surface area contributed by atoms with Gasteiger partial charge in [0.15, 0.2) is 6.61 Å². The van der Waals surface area contributed by atoms with E-state index in [0.717, 1.165) is 11.3 Å². The van der Waals surface area contributed by atoms with Crippen molar-refractivity contribution in [2.75, 3.05) is 19.8 Å². The first kappa shape index (κ1) is 16.9. The molecule has 1 amide bonds. The molecule has 1 N–H and O–H groups in total. The molecule has 0 radical (unpaired) electrons. The molecule has 2 aromatic carbocycles. The number of para-hydroxylation sites is 1. The van der Waals surface area contributed by atoms with Crippen LogP contribution in [0, 0.1) is 20.8 Å². The summed E-state index contributed by atoms with van der Waals surface area (Å²) >= 11 is 0. The smallest absolute Gasteiger partial charge is 0.258 e. The molecule has 4 heteroatoms. The first-order chi connectivity index (χ1) is 11.1. The van der Waals surface area contributed by atoms with E-state index in [9.17, 15) is 4.79 Å². The summed E-state index contributed by atoms with van der Waals surface area (Å²) in [5.41, 5.74) is 3.55. The maximum Gasteiger partial charge on any atom is 0.258 e. The fourth-order valence-electron chi connectivity index (χ4n) is 2.16. The minimum atomic E-state index is -0.158. The van der Waals surface area contributed by atoms with Gasteiger partial charge in [0.05, 0.1) is 6.54 Å². The molecular formula is C19H23NO3. The molecule has 0 saturated heterocycles. The number of carbonyl (C=O) groups is 1. The highest BCUT2D eigenvalue weighted by molar-refractivity contribution is 5.77. The lowest BCUT2D eigenvalue weighted by atomic mass is 10.1. The Bertz CT molecular complexity index is 653. The molecule has 2 aromatic rings. The molecule has 0 saturated carbocycles. The summed E-state index contributed by atoms with van der Waals surface area (Å²) in [5, 5.41) is 2.78. The number of nitrogens with one attached hydrogen (secondary N) is 1. The number of ether oxygens (including phenoxy) is 2. The first-order valence-corrected chi connectivity index (χ1v) is 7.71. The van der Waals surface area contributed by atoms with Crippen molar-refractivity contribution >= 4 is 5.91 Å². The minimum Gasteiger partial charge on any atom is -0.491 e. The Morgan fingerprint density at radius 3 is 2.39 bits per heavy atom. The third-order valence-corrected chi connectivity index (χ3v) is 3.59. The molecule has 122 valence electrons. The molecule has 2 rings (SSSR count). The zero-order valence-electron chi connectivity index (χ0n) is 13.9. The number of hydrogen-bond acceptors (Lipinski definition) is 3. The lowest BCUT2D eigenvalue weighted by Crippen LogP contribution is -2.32. The number of hydrogen-bond donors (Lipinski definition) is 1. The van der Waals surface area contributed by atoms with Crippen LogP contribution in [-0.4, -0.2) is 25.7 Å². The highest BCUT2D eigenvalue weighted by atomic mass is 16.5. The summed E-state index contributed by atoms with van der Waals surface area (Å²) in [5.74, 6) is 1.39. The Morgan fingerprint density at radius 1 is 0.957 bits per heavy atom. The van der Waals surface area contributed by atoms with E-state index in [-0.39, 0.29) is 12.5 Å². The van der Waals surface area contributed by atoms with E-state index in [1.165, 1.54) is 11.1 Å². The largest absolute Gasteiger partial charge is 0.491 e. The predicted molar refractivity (Wildman–Crippen MR) is 91.1 cm³/mol. The van der Waals surface area contributed by atoms with Crippen LogP contribution in [0.15, 0.2) is 42.5 Å². The lowest BCUT2D eigenvalue weighted by molar-refractivity contribution is -0.123. The SMILES string of the molecule is Cc1cc(C)c(OCCNC(=O)COc2ccccc2)cc1C. The van der Waals surface area contributed by atoms with E-state index < -0.39 is 0 Å². The van der Waals surface area contributed by atoms with Crippen LogP contribution in [0.5, 0.6) is 11.5 Å². The third-order valence-electron chi connectivity index (χ3n) is 3.59. The van der Waals surface area contributed by atoms with E-state index in [2.05, 4.69) is 25.2 Å². The predicted octanol–water partition coefficient (Wildman–Crippen LogP) is 3.19. The van der Waals surface area contributed by atoms with Gasteiger partial charge in [0.25, 0.3) is 5.91 Å². The molecular weight excluding hydrogens is 290 g/mol. The Hall–Kier alpha value is -2.49. The van der Waals surface area contributed by atoms with Crippen molar-refractivity contribution in [3.8, 4) is 11.5 Å². The van der Waals surface area contributed by atoms with Crippen molar-refractivity contribution in [3.05, 3.63) is 59.2 Å². The van der Waals surface area contributed by atoms with E-state index in [4.69, 9.17) is 9.47 Å². The maximum atomic E-state index is 11.7. The third kappa shape index (κ3) is 5.33. The van der Waals surface area contributed by atoms with Gasteiger partial charge in [0, 0.05) is 0 Å². The van der Waals surface area contributed by atoms with Crippen molar-refractivity contribution in [2.45, 2.75) is 20.8 Å². The molecule has 0 fully saturated rings. The summed E-state index contributed by atoms with van der Waals surface area (Å²) in [6.07, 6.45) is 0. The van der Waals surface area contributed by atoms with Gasteiger partial charge in [-0.25, -0.2) is 0 Å². The average molecular weight is 313 g/mol. The topological polar surface area (TPSA) is 47.6 Å². The molecule has 0 aromatic heterocycles. The first-order valence-electron chi connectivity index (χ1n) is 7.71. The van der Waals surface area contributed by atoms with E-state index in [1.54, 1.807) is 0 Å². The lowest BCUT2D eigenvalue weighted by Gasteiger charge is -2.12. The van der Waals surface area contributed by atoms with Gasteiger partial charge in [-0.3, -0.25) is 4.79 Å². The van der Waals surface area contributed by atoms with Gasteiger partial charge < -0.3 is 14.8 Å². The summed E-state index contributed by atoms with van der Waals surface area (Å²) in [6, 6.07) is 13.4. The van der Waals surface area contributed by atoms with Crippen LogP contribution in [0.25, 0.3) is 0 Å². The summed E-state index contributed by atoms with van der Waals surface area (Å²) in [4.78, 5) is 11.7. The van der Waals surface area contributed by atoms with E-state index in [0.29, 0.717) is 18.9 Å². The van der Waals surface area contributed by atoms with Crippen molar-refractivity contribution in [1.82, 2.24) is 5.32 Å². The van der Waals surface area contributed by atoms with Gasteiger partial charge in [-0.2, -0.15) is 0 Å². The zero-order valence-corrected chi connectivity index (χ0v) is 13.9. The Labute approximate surface area is 137 Å². The number of aryl methyl sites for hydroxylation is 3. The quantitative estimate of drug-likeness (QED) is 0.799. The van der Waals surface area contributed by atoms with Crippen LogP contribution in [-0.2, 0) is 4.79 Å². The average Bonchev–Trinajstić information content (AvgIpc) is 2.55. The molecule has 0 aliphatic heterocycles. The van der Waals surface area contributed by atoms with Gasteiger partial charge in [0.2, 0.25) is 0 Å². The molecule has 0 unspecified atom stereocenters. The zero-order chi connectivity index (χ0) is 16.7. The number of rotatable bonds is 7. The minimum absolute atomic E-state index is 0.00663. The maximum absolute atomic E-state index is 11.7. The summed E-state index contributed by atoms with van der Waals surface area (Å²) in [6.45, 7) is 7.05. The Balaban J connectivity index is 1.69. The molecule has 0 heterocycles. The van der Waals surface area contributed by atoms with Gasteiger partial charge in [-0.05, 0) is 55.7 Å². The van der Waals surface area contributed by atoms with Gasteiger partial charge >= 0.3 is 0 Å². The van der Waals surface area contributed by atoms with Crippen LogP contribution >= 0.6 is 0 Å². The molecule has 0 bridgehead atoms. The van der Waals surface area contributed by atoms with Gasteiger partial charge in [-0.15, -0.1) is 0 Å². The molecule has 23 heavy (non-hydrogen) atoms. The molecule has 0 aliphatic rings. The van der Waals surface area contributed by atoms with Crippen LogP contribution in [0.1, 0.15) is 16.7 Å². The highest BCUT2D eigenvalue weighted by Gasteiger charge is 2.05. The van der Waals surface area contributed by atoms with E-state index in [1.807, 2.05) is 43.3 Å². The second-order valence-corrected chi connectivity index (χ2v) is 5.50. The van der Waals surface area contributed by atoms with E-state index >= 15 is 0 Å². The fourth-order valence-corrected chi connectivity index (χ4v) is 2.16. The number of benzene rings is 2. The highest BCUT2D eigenvalue weighted by Crippen LogP contribution is 2.22. The monoisotopic (exact) mass is 313 g/mol. The van der Waals surface area contributed by atoms with Crippen molar-refractivity contribution in [2.24, 2.45) is 0 Å². The second-order valence-electron chi connectivity index (χ2n) is 5.50. The second kappa shape index (κ2) is 8.22. The summed E-state index contributed by atoms with van der Waals surface area (Å²) < 4.78 is 11.1.